The van der Waals surface area contributed by atoms with Crippen LogP contribution in [0.5, 0.6) is 5.75 Å². The fourth-order valence-corrected chi connectivity index (χ4v) is 4.20. The van der Waals surface area contributed by atoms with Gasteiger partial charge in [-0.05, 0) is 43.7 Å². The Morgan fingerprint density at radius 1 is 1.33 bits per heavy atom. The van der Waals surface area contributed by atoms with Crippen molar-refractivity contribution in [1.29, 1.82) is 0 Å². The van der Waals surface area contributed by atoms with E-state index in [0.717, 1.165) is 19.3 Å². The summed E-state index contributed by atoms with van der Waals surface area (Å²) in [6.07, 6.45) is 3.63. The van der Waals surface area contributed by atoms with E-state index >= 15 is 0 Å². The van der Waals surface area contributed by atoms with E-state index in [0.29, 0.717) is 49.8 Å². The van der Waals surface area contributed by atoms with E-state index in [2.05, 4.69) is 20.8 Å². The molecule has 5 heteroatoms. The quantitative estimate of drug-likeness (QED) is 0.853. The van der Waals surface area contributed by atoms with Crippen molar-refractivity contribution in [2.45, 2.75) is 70.7 Å². The van der Waals surface area contributed by atoms with Crippen LogP contribution in [0, 0.1) is 5.92 Å². The average molecular weight is 376 g/mol. The van der Waals surface area contributed by atoms with Crippen LogP contribution in [-0.4, -0.2) is 53.4 Å². The van der Waals surface area contributed by atoms with Gasteiger partial charge in [-0.25, -0.2) is 0 Å². The molecule has 27 heavy (non-hydrogen) atoms. The van der Waals surface area contributed by atoms with Crippen molar-refractivity contribution in [3.05, 3.63) is 29.8 Å². The first-order valence-electron chi connectivity index (χ1n) is 10.3. The van der Waals surface area contributed by atoms with E-state index in [1.807, 2.05) is 29.2 Å². The number of piperidine rings is 1. The normalized spacial score (nSPS) is 25.0. The number of rotatable bonds is 5. The first kappa shape index (κ1) is 20.2. The number of benzene rings is 1. The molecule has 1 aromatic rings. The molecule has 150 valence electrons. The molecule has 0 saturated carbocycles. The lowest BCUT2D eigenvalue weighted by atomic mass is 9.80. The highest BCUT2D eigenvalue weighted by molar-refractivity contribution is 5.97. The Kier molecular flexibility index (Phi) is 6.43. The van der Waals surface area contributed by atoms with E-state index < -0.39 is 0 Å². The van der Waals surface area contributed by atoms with Gasteiger partial charge in [-0.15, -0.1) is 0 Å². The minimum atomic E-state index is -0.309. The maximum Gasteiger partial charge on any atom is 0.257 e. The number of aliphatic hydroxyl groups excluding tert-OH is 1. The summed E-state index contributed by atoms with van der Waals surface area (Å²) in [5, 5.41) is 10.3. The van der Waals surface area contributed by atoms with E-state index in [9.17, 15) is 9.90 Å². The number of para-hydroxylation sites is 1. The second-order valence-corrected chi connectivity index (χ2v) is 8.31. The Balaban J connectivity index is 1.66. The van der Waals surface area contributed by atoms with Gasteiger partial charge in [0, 0.05) is 19.5 Å². The highest BCUT2D eigenvalue weighted by Crippen LogP contribution is 2.39. The molecular weight excluding hydrogens is 342 g/mol. The van der Waals surface area contributed by atoms with E-state index in [1.165, 1.54) is 0 Å². The summed E-state index contributed by atoms with van der Waals surface area (Å²) in [7, 11) is 0. The predicted octanol–water partition coefficient (Wildman–Crippen LogP) is 3.65. The summed E-state index contributed by atoms with van der Waals surface area (Å²) in [5.74, 6) is 1.07. The fraction of sp³-hybridized carbons (Fsp3) is 0.682. The Morgan fingerprint density at radius 3 is 2.70 bits per heavy atom. The lowest BCUT2D eigenvalue weighted by Crippen LogP contribution is -2.54. The molecule has 3 rings (SSSR count). The Bertz CT molecular complexity index is 637. The number of carbonyl (C=O) groups is 1. The zero-order valence-electron chi connectivity index (χ0n) is 16.8. The highest BCUT2D eigenvalue weighted by atomic mass is 16.5. The first-order chi connectivity index (χ1) is 12.9. The maximum atomic E-state index is 13.0. The molecule has 2 aliphatic heterocycles. The Labute approximate surface area is 162 Å². The first-order valence-corrected chi connectivity index (χ1v) is 10.3. The number of likely N-dealkylation sites (tertiary alicyclic amines) is 1. The molecule has 0 aromatic heterocycles. The van der Waals surface area contributed by atoms with Gasteiger partial charge >= 0.3 is 0 Å². The number of hydrogen-bond donors (Lipinski definition) is 1. The molecule has 0 radical (unpaired) electrons. The third-order valence-electron chi connectivity index (χ3n) is 5.80. The molecule has 5 nitrogen and oxygen atoms in total. The Hall–Kier alpha value is -1.59. The molecule has 0 aliphatic carbocycles. The summed E-state index contributed by atoms with van der Waals surface area (Å²) in [6.45, 7) is 8.24. The third-order valence-corrected chi connectivity index (χ3v) is 5.80. The highest BCUT2D eigenvalue weighted by Gasteiger charge is 2.44. The fourth-order valence-electron chi connectivity index (χ4n) is 4.20. The second-order valence-electron chi connectivity index (χ2n) is 8.31. The predicted molar refractivity (Wildman–Crippen MR) is 105 cm³/mol. The van der Waals surface area contributed by atoms with Crippen molar-refractivity contribution in [2.24, 2.45) is 5.92 Å². The largest absolute Gasteiger partial charge is 0.493 e. The van der Waals surface area contributed by atoms with E-state index in [-0.39, 0.29) is 23.7 Å². The molecule has 2 heterocycles. The molecule has 2 fully saturated rings. The van der Waals surface area contributed by atoms with Crippen LogP contribution >= 0.6 is 0 Å². The molecule has 2 saturated heterocycles. The molecule has 1 spiro atoms. The molecule has 0 unspecified atom stereocenters. The number of hydrogen-bond acceptors (Lipinski definition) is 4. The van der Waals surface area contributed by atoms with Gasteiger partial charge in [0.25, 0.3) is 5.91 Å². The molecular formula is C22H33NO4. The second kappa shape index (κ2) is 8.61. The van der Waals surface area contributed by atoms with Crippen LogP contribution < -0.4 is 4.74 Å². The number of ether oxygens (including phenoxy) is 2. The SMILES string of the molecule is CCCOc1ccccc1C(=O)N1CCC2(CC1)C[C@H](O)C[C@H](C(C)C)O2. The molecule has 1 N–H and O–H groups in total. The van der Waals surface area contributed by atoms with Gasteiger partial charge in [-0.1, -0.05) is 32.9 Å². The standard InChI is InChI=1S/C22H33NO4/c1-4-13-26-19-8-6-5-7-18(19)21(25)23-11-9-22(10-12-23)15-17(24)14-20(27-22)16(2)3/h5-8,16-17,20,24H,4,9-15H2,1-3H3/t17-,20-/m1/s1. The van der Waals surface area contributed by atoms with Crippen molar-refractivity contribution in [2.75, 3.05) is 19.7 Å². The minimum Gasteiger partial charge on any atom is -0.493 e. The third kappa shape index (κ3) is 4.64. The monoisotopic (exact) mass is 375 g/mol. The van der Waals surface area contributed by atoms with Crippen LogP contribution in [0.25, 0.3) is 0 Å². The molecule has 1 aromatic carbocycles. The number of carbonyl (C=O) groups excluding carboxylic acids is 1. The summed E-state index contributed by atoms with van der Waals surface area (Å²) >= 11 is 0. The maximum absolute atomic E-state index is 13.0. The topological polar surface area (TPSA) is 59.0 Å². The van der Waals surface area contributed by atoms with Crippen molar-refractivity contribution in [1.82, 2.24) is 4.90 Å². The number of amides is 1. The molecule has 2 aliphatic rings. The summed E-state index contributed by atoms with van der Waals surface area (Å²) in [6, 6.07) is 7.48. The molecule has 1 amide bonds. The summed E-state index contributed by atoms with van der Waals surface area (Å²) < 4.78 is 12.2. The van der Waals surface area contributed by atoms with Crippen LogP contribution in [0.4, 0.5) is 0 Å². The minimum absolute atomic E-state index is 0.0216. The smallest absolute Gasteiger partial charge is 0.257 e. The van der Waals surface area contributed by atoms with E-state index in [4.69, 9.17) is 9.47 Å². The van der Waals surface area contributed by atoms with Crippen molar-refractivity contribution in [3.8, 4) is 5.75 Å². The van der Waals surface area contributed by atoms with Crippen LogP contribution in [0.2, 0.25) is 0 Å². The van der Waals surface area contributed by atoms with Crippen LogP contribution in [0.15, 0.2) is 24.3 Å². The van der Waals surface area contributed by atoms with Gasteiger partial charge in [-0.2, -0.15) is 0 Å². The van der Waals surface area contributed by atoms with Crippen molar-refractivity contribution >= 4 is 5.91 Å². The van der Waals surface area contributed by atoms with Gasteiger partial charge in [0.15, 0.2) is 0 Å². The molecule has 0 bridgehead atoms. The summed E-state index contributed by atoms with van der Waals surface area (Å²) in [4.78, 5) is 14.9. The van der Waals surface area contributed by atoms with Gasteiger partial charge in [0.2, 0.25) is 0 Å². The van der Waals surface area contributed by atoms with Crippen molar-refractivity contribution in [3.63, 3.8) is 0 Å². The lowest BCUT2D eigenvalue weighted by molar-refractivity contribution is -0.190. The van der Waals surface area contributed by atoms with Gasteiger partial charge in [0.05, 0.1) is 30.0 Å². The van der Waals surface area contributed by atoms with Crippen LogP contribution in [0.3, 0.4) is 0 Å². The average Bonchev–Trinajstić information content (AvgIpc) is 2.66. The van der Waals surface area contributed by atoms with Crippen LogP contribution in [-0.2, 0) is 4.74 Å². The van der Waals surface area contributed by atoms with Gasteiger partial charge < -0.3 is 19.5 Å². The van der Waals surface area contributed by atoms with E-state index in [1.54, 1.807) is 0 Å². The van der Waals surface area contributed by atoms with Crippen LogP contribution in [0.1, 0.15) is 63.2 Å². The zero-order chi connectivity index (χ0) is 19.4. The number of aliphatic hydroxyl groups is 1. The van der Waals surface area contributed by atoms with Gasteiger partial charge in [0.1, 0.15) is 5.75 Å². The zero-order valence-corrected chi connectivity index (χ0v) is 16.8. The molecule has 2 atom stereocenters. The van der Waals surface area contributed by atoms with Gasteiger partial charge in [-0.3, -0.25) is 4.79 Å². The lowest BCUT2D eigenvalue weighted by Gasteiger charge is -2.48. The Morgan fingerprint density at radius 2 is 2.04 bits per heavy atom. The number of nitrogens with zero attached hydrogens (tertiary/aromatic N) is 1. The van der Waals surface area contributed by atoms with Crippen molar-refractivity contribution < 1.29 is 19.4 Å². The summed E-state index contributed by atoms with van der Waals surface area (Å²) in [5.41, 5.74) is 0.341.